The molecule has 1 aliphatic carbocycles. The first kappa shape index (κ1) is 20.2. The number of halogens is 2. The molecule has 1 aromatic rings. The average Bonchev–Trinajstić information content (AvgIpc) is 3.39. The van der Waals surface area contributed by atoms with Crippen LogP contribution < -0.4 is 0 Å². The predicted octanol–water partition coefficient (Wildman–Crippen LogP) is 4.60. The van der Waals surface area contributed by atoms with Crippen LogP contribution in [0, 0.1) is 17.6 Å². The third-order valence-electron chi connectivity index (χ3n) is 6.90. The predicted molar refractivity (Wildman–Crippen MR) is 107 cm³/mol. The van der Waals surface area contributed by atoms with Gasteiger partial charge in [0.05, 0.1) is 6.10 Å². The van der Waals surface area contributed by atoms with Gasteiger partial charge in [0, 0.05) is 43.9 Å². The fourth-order valence-electron chi connectivity index (χ4n) is 5.31. The van der Waals surface area contributed by atoms with Crippen LogP contribution in [0.15, 0.2) is 18.2 Å². The highest BCUT2D eigenvalue weighted by molar-refractivity contribution is 5.18. The van der Waals surface area contributed by atoms with Crippen molar-refractivity contribution in [3.05, 3.63) is 35.4 Å². The minimum atomic E-state index is -0.508. The third kappa shape index (κ3) is 5.31. The largest absolute Gasteiger partial charge is 0.377 e. The van der Waals surface area contributed by atoms with E-state index in [-0.39, 0.29) is 6.10 Å². The lowest BCUT2D eigenvalue weighted by Crippen LogP contribution is -2.43. The van der Waals surface area contributed by atoms with Gasteiger partial charge in [-0.1, -0.05) is 18.9 Å². The van der Waals surface area contributed by atoms with Crippen LogP contribution in [0.2, 0.25) is 0 Å². The zero-order valence-corrected chi connectivity index (χ0v) is 16.9. The van der Waals surface area contributed by atoms with Crippen molar-refractivity contribution in [3.8, 4) is 0 Å². The molecule has 0 amide bonds. The van der Waals surface area contributed by atoms with E-state index in [9.17, 15) is 8.78 Å². The van der Waals surface area contributed by atoms with Crippen molar-refractivity contribution in [2.45, 2.75) is 70.1 Å². The summed E-state index contributed by atoms with van der Waals surface area (Å²) in [5.41, 5.74) is 0.586. The van der Waals surface area contributed by atoms with E-state index in [1.54, 1.807) is 6.07 Å². The zero-order valence-electron chi connectivity index (χ0n) is 16.9. The second-order valence-corrected chi connectivity index (χ2v) is 8.98. The minimum Gasteiger partial charge on any atom is -0.377 e. The summed E-state index contributed by atoms with van der Waals surface area (Å²) >= 11 is 0. The Labute approximate surface area is 168 Å². The van der Waals surface area contributed by atoms with Crippen LogP contribution in [0.3, 0.4) is 0 Å². The third-order valence-corrected chi connectivity index (χ3v) is 6.90. The Morgan fingerprint density at radius 2 is 1.75 bits per heavy atom. The molecule has 2 saturated heterocycles. The highest BCUT2D eigenvalue weighted by atomic mass is 19.1. The van der Waals surface area contributed by atoms with Gasteiger partial charge in [0.25, 0.3) is 0 Å². The van der Waals surface area contributed by atoms with Crippen molar-refractivity contribution in [1.82, 2.24) is 9.80 Å². The van der Waals surface area contributed by atoms with Crippen LogP contribution in [0.1, 0.15) is 56.9 Å². The second kappa shape index (κ2) is 9.64. The lowest BCUT2D eigenvalue weighted by molar-refractivity contribution is 0.0536. The number of rotatable bonds is 7. The monoisotopic (exact) mass is 392 g/mol. The Morgan fingerprint density at radius 3 is 2.43 bits per heavy atom. The highest BCUT2D eigenvalue weighted by Gasteiger charge is 2.29. The van der Waals surface area contributed by atoms with Crippen molar-refractivity contribution in [1.29, 1.82) is 0 Å². The van der Waals surface area contributed by atoms with Crippen LogP contribution in [0.5, 0.6) is 0 Å². The summed E-state index contributed by atoms with van der Waals surface area (Å²) in [4.78, 5) is 5.05. The van der Waals surface area contributed by atoms with Gasteiger partial charge in [-0.2, -0.15) is 0 Å². The molecule has 0 spiro atoms. The molecule has 0 radical (unpaired) electrons. The molecule has 3 nitrogen and oxygen atoms in total. The SMILES string of the molecule is Fc1ccc(CN(CC2CCN(C3CCCC3)CC2)C[C@@H]2CCCO2)c(F)c1. The van der Waals surface area contributed by atoms with E-state index in [4.69, 9.17) is 4.74 Å². The van der Waals surface area contributed by atoms with E-state index in [1.807, 2.05) is 0 Å². The fraction of sp³-hybridized carbons (Fsp3) is 0.739. The molecule has 1 saturated carbocycles. The molecule has 0 unspecified atom stereocenters. The number of nitrogens with zero attached hydrogens (tertiary/aromatic N) is 2. The summed E-state index contributed by atoms with van der Waals surface area (Å²) in [6.07, 6.45) is 10.4. The molecule has 156 valence electrons. The summed E-state index contributed by atoms with van der Waals surface area (Å²) in [7, 11) is 0. The van der Waals surface area contributed by atoms with Gasteiger partial charge >= 0.3 is 0 Å². The van der Waals surface area contributed by atoms with Crippen LogP contribution in [-0.2, 0) is 11.3 Å². The van der Waals surface area contributed by atoms with Crippen molar-refractivity contribution in [2.24, 2.45) is 5.92 Å². The van der Waals surface area contributed by atoms with Crippen molar-refractivity contribution in [3.63, 3.8) is 0 Å². The fourth-order valence-corrected chi connectivity index (χ4v) is 5.31. The normalized spacial score (nSPS) is 25.2. The molecule has 5 heteroatoms. The van der Waals surface area contributed by atoms with Crippen LogP contribution >= 0.6 is 0 Å². The topological polar surface area (TPSA) is 15.7 Å². The zero-order chi connectivity index (χ0) is 19.3. The second-order valence-electron chi connectivity index (χ2n) is 8.98. The molecule has 2 heterocycles. The van der Waals surface area contributed by atoms with Gasteiger partial charge in [-0.05, 0) is 63.6 Å². The number of hydrogen-bond donors (Lipinski definition) is 0. The molecule has 4 rings (SSSR count). The molecular formula is C23H34F2N2O. The Bertz CT molecular complexity index is 621. The Kier molecular flexibility index (Phi) is 6.97. The molecule has 0 aromatic heterocycles. The summed E-state index contributed by atoms with van der Waals surface area (Å²) in [6.45, 7) is 5.61. The maximum Gasteiger partial charge on any atom is 0.130 e. The molecule has 0 bridgehead atoms. The van der Waals surface area contributed by atoms with Crippen LogP contribution in [0.25, 0.3) is 0 Å². The van der Waals surface area contributed by atoms with Gasteiger partial charge < -0.3 is 9.64 Å². The quantitative estimate of drug-likeness (QED) is 0.674. The Hall–Kier alpha value is -1.04. The maximum absolute atomic E-state index is 14.2. The molecule has 3 fully saturated rings. The molecule has 28 heavy (non-hydrogen) atoms. The van der Waals surface area contributed by atoms with E-state index < -0.39 is 11.6 Å². The summed E-state index contributed by atoms with van der Waals surface area (Å²) < 4.78 is 33.3. The van der Waals surface area contributed by atoms with Crippen molar-refractivity contribution < 1.29 is 13.5 Å². The highest BCUT2D eigenvalue weighted by Crippen LogP contribution is 2.29. The van der Waals surface area contributed by atoms with Crippen molar-refractivity contribution >= 4 is 0 Å². The van der Waals surface area contributed by atoms with Gasteiger partial charge in [-0.25, -0.2) is 8.78 Å². The Balaban J connectivity index is 1.34. The van der Waals surface area contributed by atoms with Crippen molar-refractivity contribution in [2.75, 3.05) is 32.8 Å². The smallest absolute Gasteiger partial charge is 0.130 e. The summed E-state index contributed by atoms with van der Waals surface area (Å²) in [5, 5.41) is 0. The van der Waals surface area contributed by atoms with E-state index >= 15 is 0 Å². The average molecular weight is 393 g/mol. The van der Waals surface area contributed by atoms with E-state index in [2.05, 4.69) is 9.80 Å². The molecule has 0 N–H and O–H groups in total. The van der Waals surface area contributed by atoms with Crippen LogP contribution in [0.4, 0.5) is 8.78 Å². The maximum atomic E-state index is 14.2. The number of ether oxygens (including phenoxy) is 1. The number of likely N-dealkylation sites (tertiary alicyclic amines) is 1. The first-order valence-corrected chi connectivity index (χ1v) is 11.2. The molecular weight excluding hydrogens is 358 g/mol. The van der Waals surface area contributed by atoms with Gasteiger partial charge in [0.1, 0.15) is 11.6 Å². The van der Waals surface area contributed by atoms with E-state index in [0.717, 1.165) is 44.6 Å². The first-order valence-electron chi connectivity index (χ1n) is 11.2. The van der Waals surface area contributed by atoms with E-state index in [0.29, 0.717) is 18.0 Å². The van der Waals surface area contributed by atoms with E-state index in [1.165, 1.54) is 57.7 Å². The van der Waals surface area contributed by atoms with Gasteiger partial charge in [-0.3, -0.25) is 4.90 Å². The number of piperidine rings is 1. The minimum absolute atomic E-state index is 0.252. The first-order chi connectivity index (χ1) is 13.7. The lowest BCUT2D eigenvalue weighted by Gasteiger charge is -2.38. The van der Waals surface area contributed by atoms with Gasteiger partial charge in [0.2, 0.25) is 0 Å². The van der Waals surface area contributed by atoms with Gasteiger partial charge in [-0.15, -0.1) is 0 Å². The standard InChI is InChI=1S/C23H34F2N2O/c24-20-8-7-19(23(25)14-20)16-26(17-22-6-3-13-28-22)15-18-9-11-27(12-10-18)21-4-1-2-5-21/h7-8,14,18,21-22H,1-6,9-13,15-17H2/t22-/m0/s1. The lowest BCUT2D eigenvalue weighted by atomic mass is 9.94. The molecule has 1 aromatic carbocycles. The summed E-state index contributed by atoms with van der Waals surface area (Å²) in [5.74, 6) is -0.290. The molecule has 1 atom stereocenters. The van der Waals surface area contributed by atoms with Crippen LogP contribution in [-0.4, -0.2) is 54.7 Å². The molecule has 2 aliphatic heterocycles. The number of benzene rings is 1. The molecule has 3 aliphatic rings. The number of hydrogen-bond acceptors (Lipinski definition) is 3. The Morgan fingerprint density at radius 1 is 0.964 bits per heavy atom. The summed E-state index contributed by atoms with van der Waals surface area (Å²) in [6, 6.07) is 4.77. The van der Waals surface area contributed by atoms with Gasteiger partial charge in [0.15, 0.2) is 0 Å².